The van der Waals surface area contributed by atoms with Crippen molar-refractivity contribution in [3.8, 4) is 0 Å². The van der Waals surface area contributed by atoms with E-state index in [1.54, 1.807) is 0 Å². The molecule has 2 heterocycles. The van der Waals surface area contributed by atoms with E-state index < -0.39 is 89.5 Å². The molecule has 1 aliphatic carbocycles. The van der Waals surface area contributed by atoms with Crippen LogP contribution < -0.4 is 0 Å². The summed E-state index contributed by atoms with van der Waals surface area (Å²) in [6.07, 6.45) is -6.24. The molecule has 0 spiro atoms. The number of rotatable bonds is 7. The van der Waals surface area contributed by atoms with Crippen LogP contribution in [-0.4, -0.2) is 83.3 Å². The van der Waals surface area contributed by atoms with E-state index >= 15 is 0 Å². The zero-order valence-corrected chi connectivity index (χ0v) is 20.4. The zero-order chi connectivity index (χ0) is 27.1. The van der Waals surface area contributed by atoms with Crippen molar-refractivity contribution in [3.63, 3.8) is 0 Å². The average molecular weight is 510 g/mol. The largest absolute Gasteiger partial charge is 0.507 e. The molecule has 13 nitrogen and oxygen atoms in total. The molecule has 0 aromatic rings. The predicted molar refractivity (Wildman–Crippen MR) is 114 cm³/mol. The predicted octanol–water partition coefficient (Wildman–Crippen LogP) is 0.139. The van der Waals surface area contributed by atoms with Crippen molar-refractivity contribution in [2.24, 2.45) is 0 Å². The van der Waals surface area contributed by atoms with E-state index in [4.69, 9.17) is 28.4 Å². The number of Topliss-reactive ketones (excluding diaryl/α,β-unsaturated/α-hetero) is 2. The van der Waals surface area contributed by atoms with Gasteiger partial charge in [0, 0.05) is 27.7 Å². The van der Waals surface area contributed by atoms with Gasteiger partial charge >= 0.3 is 23.9 Å². The number of carbonyl (C=O) groups excluding carboxylic acids is 6. The van der Waals surface area contributed by atoms with Crippen molar-refractivity contribution in [1.82, 2.24) is 0 Å². The summed E-state index contributed by atoms with van der Waals surface area (Å²) in [6, 6.07) is 0. The number of carbonyl (C=O) groups is 6. The lowest BCUT2D eigenvalue weighted by Gasteiger charge is -2.34. The summed E-state index contributed by atoms with van der Waals surface area (Å²) in [6.45, 7) is 6.20. The smallest absolute Gasteiger partial charge is 0.304 e. The highest BCUT2D eigenvalue weighted by Crippen LogP contribution is 2.50. The normalized spacial score (nSPS) is 29.6. The van der Waals surface area contributed by atoms with Gasteiger partial charge in [-0.1, -0.05) is 0 Å². The van der Waals surface area contributed by atoms with Gasteiger partial charge in [0.1, 0.15) is 30.1 Å². The van der Waals surface area contributed by atoms with Crippen LogP contribution in [0.25, 0.3) is 0 Å². The van der Waals surface area contributed by atoms with Crippen molar-refractivity contribution >= 4 is 35.4 Å². The third-order valence-electron chi connectivity index (χ3n) is 5.75. The van der Waals surface area contributed by atoms with E-state index in [0.29, 0.717) is 0 Å². The number of esters is 4. The Morgan fingerprint density at radius 2 is 1.64 bits per heavy atom. The van der Waals surface area contributed by atoms with Gasteiger partial charge in [-0.05, 0) is 13.8 Å². The molecule has 0 radical (unpaired) electrons. The summed E-state index contributed by atoms with van der Waals surface area (Å²) in [7, 11) is 0. The third kappa shape index (κ3) is 4.70. The highest BCUT2D eigenvalue weighted by molar-refractivity contribution is 6.25. The average Bonchev–Trinajstić information content (AvgIpc) is 3.26. The minimum Gasteiger partial charge on any atom is -0.507 e. The van der Waals surface area contributed by atoms with Gasteiger partial charge < -0.3 is 33.5 Å². The van der Waals surface area contributed by atoms with Crippen LogP contribution >= 0.6 is 0 Å². The Kier molecular flexibility index (Phi) is 7.25. The molecule has 36 heavy (non-hydrogen) atoms. The Hall–Kier alpha value is -3.74. The fourth-order valence-corrected chi connectivity index (χ4v) is 4.51. The second-order valence-electron chi connectivity index (χ2n) is 8.61. The fraction of sp³-hybridized carbons (Fsp3) is 0.565. The molecule has 13 heteroatoms. The monoisotopic (exact) mass is 510 g/mol. The Morgan fingerprint density at radius 3 is 2.14 bits per heavy atom. The number of hydrogen-bond donors (Lipinski definition) is 1. The maximum atomic E-state index is 13.1. The Morgan fingerprint density at radius 1 is 1.00 bits per heavy atom. The molecule has 6 atom stereocenters. The van der Waals surface area contributed by atoms with E-state index in [9.17, 15) is 33.9 Å². The van der Waals surface area contributed by atoms with Crippen LogP contribution in [0.3, 0.4) is 0 Å². The minimum atomic E-state index is -2.12. The first kappa shape index (κ1) is 26.9. The molecule has 3 rings (SSSR count). The number of ether oxygens (including phenoxy) is 6. The lowest BCUT2D eigenvalue weighted by molar-refractivity contribution is -0.176. The molecule has 0 amide bonds. The van der Waals surface area contributed by atoms with Crippen molar-refractivity contribution in [3.05, 3.63) is 22.7 Å². The second kappa shape index (κ2) is 9.72. The maximum Gasteiger partial charge on any atom is 0.304 e. The molecule has 1 N–H and O–H groups in total. The Balaban J connectivity index is 2.12. The third-order valence-corrected chi connectivity index (χ3v) is 5.75. The topological polar surface area (TPSA) is 178 Å². The first-order chi connectivity index (χ1) is 16.7. The number of aliphatic hydroxyl groups is 1. The van der Waals surface area contributed by atoms with Gasteiger partial charge in [0.15, 0.2) is 29.9 Å². The van der Waals surface area contributed by atoms with Gasteiger partial charge in [0.2, 0.25) is 11.4 Å². The lowest BCUT2D eigenvalue weighted by atomic mass is 9.80. The zero-order valence-electron chi connectivity index (χ0n) is 20.4. The SMILES string of the molecule is CC(=O)OC[C@@H](OC(C)=O)[C@H]1O[C@@H]2C3=C(O[C@@H]2[C@H]1OC(C)=O)[C@@](C)(OC(C)=O)C(=O)C(C(C)=O)=C3O. The van der Waals surface area contributed by atoms with Crippen LogP contribution in [-0.2, 0) is 57.2 Å². The maximum absolute atomic E-state index is 13.1. The van der Waals surface area contributed by atoms with E-state index in [-0.39, 0.29) is 11.3 Å². The summed E-state index contributed by atoms with van der Waals surface area (Å²) >= 11 is 0. The summed E-state index contributed by atoms with van der Waals surface area (Å²) in [5.41, 5.74) is -2.91. The van der Waals surface area contributed by atoms with Crippen LogP contribution in [0, 0.1) is 0 Å². The van der Waals surface area contributed by atoms with Crippen molar-refractivity contribution in [2.45, 2.75) is 77.7 Å². The number of ketones is 2. The van der Waals surface area contributed by atoms with E-state index in [0.717, 1.165) is 34.6 Å². The first-order valence-electron chi connectivity index (χ1n) is 10.9. The van der Waals surface area contributed by atoms with E-state index in [1.165, 1.54) is 6.92 Å². The molecule has 1 fully saturated rings. The molecule has 2 aliphatic heterocycles. The molecule has 0 saturated carbocycles. The molecule has 3 aliphatic rings. The highest BCUT2D eigenvalue weighted by atomic mass is 16.7. The van der Waals surface area contributed by atoms with Crippen molar-refractivity contribution in [2.75, 3.05) is 6.61 Å². The van der Waals surface area contributed by atoms with Crippen molar-refractivity contribution < 1.29 is 62.3 Å². The van der Waals surface area contributed by atoms with Gasteiger partial charge in [-0.2, -0.15) is 0 Å². The molecular weight excluding hydrogens is 484 g/mol. The summed E-state index contributed by atoms with van der Waals surface area (Å²) < 4.78 is 32.8. The second-order valence-corrected chi connectivity index (χ2v) is 8.61. The Labute approximate surface area is 205 Å². The van der Waals surface area contributed by atoms with Gasteiger partial charge in [-0.15, -0.1) is 0 Å². The summed E-state index contributed by atoms with van der Waals surface area (Å²) in [5.74, 6) is -5.90. The number of hydrogen-bond acceptors (Lipinski definition) is 13. The van der Waals surface area contributed by atoms with Crippen LogP contribution in [0.2, 0.25) is 0 Å². The van der Waals surface area contributed by atoms with Gasteiger partial charge in [0.25, 0.3) is 0 Å². The molecule has 0 unspecified atom stereocenters. The van der Waals surface area contributed by atoms with Crippen LogP contribution in [0.5, 0.6) is 0 Å². The van der Waals surface area contributed by atoms with Crippen LogP contribution in [0.15, 0.2) is 22.7 Å². The van der Waals surface area contributed by atoms with E-state index in [1.807, 2.05) is 0 Å². The molecule has 196 valence electrons. The van der Waals surface area contributed by atoms with Crippen LogP contribution in [0.4, 0.5) is 0 Å². The lowest BCUT2D eigenvalue weighted by Crippen LogP contribution is -2.49. The standard InChI is InChI=1S/C23H26O13/c1-8(24)14-16(29)15-18-20(35-22(15)23(6,21(14)30)36-12(5)28)19(33-11(4)27)17(34-18)13(32-10(3)26)7-31-9(2)25/h13,17-20,29H,7H2,1-6H3/t13-,17-,18-,19+,20+,23+/m1/s1. The Bertz CT molecular complexity index is 1100. The van der Waals surface area contributed by atoms with Gasteiger partial charge in [-0.25, -0.2) is 0 Å². The number of fused-ring (bicyclic) bond motifs is 2. The number of aliphatic hydroxyl groups excluding tert-OH is 1. The van der Waals surface area contributed by atoms with Gasteiger partial charge in [0.05, 0.1) is 5.57 Å². The molecular formula is C23H26O13. The summed E-state index contributed by atoms with van der Waals surface area (Å²) in [5, 5.41) is 10.9. The quantitative estimate of drug-likeness (QED) is 0.278. The fourth-order valence-electron chi connectivity index (χ4n) is 4.51. The first-order valence-corrected chi connectivity index (χ1v) is 10.9. The van der Waals surface area contributed by atoms with Gasteiger partial charge in [-0.3, -0.25) is 28.8 Å². The van der Waals surface area contributed by atoms with E-state index in [2.05, 4.69) is 0 Å². The minimum absolute atomic E-state index is 0.165. The molecule has 0 aromatic carbocycles. The highest BCUT2D eigenvalue weighted by Gasteiger charge is 2.64. The summed E-state index contributed by atoms with van der Waals surface area (Å²) in [4.78, 5) is 72.2. The molecule has 0 aromatic heterocycles. The van der Waals surface area contributed by atoms with Crippen LogP contribution in [0.1, 0.15) is 41.5 Å². The molecule has 0 bridgehead atoms. The van der Waals surface area contributed by atoms with Crippen molar-refractivity contribution in [1.29, 1.82) is 0 Å². The molecule has 1 saturated heterocycles.